The van der Waals surface area contributed by atoms with E-state index in [2.05, 4.69) is 0 Å². The predicted molar refractivity (Wildman–Crippen MR) is 105 cm³/mol. The first-order chi connectivity index (χ1) is 13.8. The van der Waals surface area contributed by atoms with Gasteiger partial charge in [0.05, 0.1) is 11.4 Å². The fraction of sp³-hybridized carbons (Fsp3) is 0.150. The largest absolute Gasteiger partial charge is 0.399 e. The Balaban J connectivity index is 1.59. The van der Waals surface area contributed by atoms with E-state index in [4.69, 9.17) is 5.73 Å². The van der Waals surface area contributed by atoms with Gasteiger partial charge in [-0.2, -0.15) is 10.1 Å². The van der Waals surface area contributed by atoms with Crippen LogP contribution in [0.2, 0.25) is 0 Å². The number of aromatic nitrogens is 2. The number of hydrogen-bond acceptors (Lipinski definition) is 5. The lowest BCUT2D eigenvalue weighted by atomic mass is 10.2. The summed E-state index contributed by atoms with van der Waals surface area (Å²) < 4.78 is 3.04. The molecule has 0 fully saturated rings. The molecule has 0 atom stereocenters. The van der Waals surface area contributed by atoms with E-state index >= 15 is 0 Å². The van der Waals surface area contributed by atoms with Crippen LogP contribution >= 0.6 is 0 Å². The average Bonchev–Trinajstić information content (AvgIpc) is 3.14. The molecule has 0 bridgehead atoms. The summed E-state index contributed by atoms with van der Waals surface area (Å²) in [5, 5.41) is 21.2. The van der Waals surface area contributed by atoms with Gasteiger partial charge in [-0.15, -0.1) is 0 Å². The van der Waals surface area contributed by atoms with Crippen molar-refractivity contribution in [2.24, 2.45) is 0 Å². The first-order valence-corrected chi connectivity index (χ1v) is 8.84. The molecule has 0 unspecified atom stereocenters. The maximum Gasteiger partial charge on any atom is 0.292 e. The molecule has 1 aromatic heterocycles. The van der Waals surface area contributed by atoms with E-state index in [0.717, 1.165) is 5.56 Å². The van der Waals surface area contributed by atoms with Crippen LogP contribution < -0.4 is 20.4 Å². The molecule has 0 aliphatic heterocycles. The lowest BCUT2D eigenvalue weighted by molar-refractivity contribution is -0.683. The summed E-state index contributed by atoms with van der Waals surface area (Å²) in [5.74, 6) is -1.10. The van der Waals surface area contributed by atoms with Crippen LogP contribution in [-0.4, -0.2) is 26.8 Å². The van der Waals surface area contributed by atoms with Gasteiger partial charge < -0.3 is 5.73 Å². The third kappa shape index (κ3) is 4.98. The van der Waals surface area contributed by atoms with E-state index in [-0.39, 0.29) is 13.1 Å². The second-order valence-electron chi connectivity index (χ2n) is 6.60. The first-order valence-electron chi connectivity index (χ1n) is 8.84. The van der Waals surface area contributed by atoms with Gasteiger partial charge in [0.15, 0.2) is 13.1 Å². The zero-order valence-electron chi connectivity index (χ0n) is 15.8. The fourth-order valence-corrected chi connectivity index (χ4v) is 2.66. The monoisotopic (exact) mass is 396 g/mol. The van der Waals surface area contributed by atoms with E-state index in [1.165, 1.54) is 27.6 Å². The zero-order chi connectivity index (χ0) is 21.0. The standard InChI is InChI=1S/C20H22N5O4/c1-15-2-6-17(7-3-15)24(28)19(26)12-22-10-11-23(14-22)13-20(27)25(29)18-8-4-16(21)5-9-18/h2-11,14,28-29H,12-13,21H2,1H3/q+1. The van der Waals surface area contributed by atoms with Gasteiger partial charge in [-0.3, -0.25) is 20.0 Å². The maximum absolute atomic E-state index is 12.3. The summed E-state index contributed by atoms with van der Waals surface area (Å²) in [6.07, 6.45) is 4.73. The molecule has 29 heavy (non-hydrogen) atoms. The molecule has 0 radical (unpaired) electrons. The smallest absolute Gasteiger partial charge is 0.292 e. The highest BCUT2D eigenvalue weighted by atomic mass is 16.5. The Morgan fingerprint density at radius 2 is 1.52 bits per heavy atom. The van der Waals surface area contributed by atoms with Crippen molar-refractivity contribution in [3.05, 3.63) is 72.8 Å². The van der Waals surface area contributed by atoms with E-state index < -0.39 is 11.8 Å². The number of rotatable bonds is 6. The van der Waals surface area contributed by atoms with Gasteiger partial charge in [0.25, 0.3) is 11.8 Å². The highest BCUT2D eigenvalue weighted by molar-refractivity contribution is 5.91. The topological polar surface area (TPSA) is 116 Å². The summed E-state index contributed by atoms with van der Waals surface area (Å²) in [5.41, 5.74) is 7.80. The second-order valence-corrected chi connectivity index (χ2v) is 6.60. The van der Waals surface area contributed by atoms with Crippen molar-refractivity contribution in [3.8, 4) is 0 Å². The van der Waals surface area contributed by atoms with E-state index in [0.29, 0.717) is 27.2 Å². The Hall–Kier alpha value is -3.69. The average molecular weight is 396 g/mol. The number of nitrogens with two attached hydrogens (primary N) is 1. The zero-order valence-corrected chi connectivity index (χ0v) is 15.8. The van der Waals surface area contributed by atoms with Crippen LogP contribution in [0, 0.1) is 6.92 Å². The van der Waals surface area contributed by atoms with Gasteiger partial charge >= 0.3 is 0 Å². The number of imidazole rings is 1. The van der Waals surface area contributed by atoms with Gasteiger partial charge in [0.2, 0.25) is 6.33 Å². The van der Waals surface area contributed by atoms with Crippen LogP contribution in [-0.2, 0) is 22.7 Å². The molecule has 2 aromatic carbocycles. The van der Waals surface area contributed by atoms with Crippen LogP contribution in [0.15, 0.2) is 67.3 Å². The summed E-state index contributed by atoms with van der Waals surface area (Å²) in [6, 6.07) is 13.1. The molecule has 0 saturated carbocycles. The molecule has 9 nitrogen and oxygen atoms in total. The van der Waals surface area contributed by atoms with Crippen molar-refractivity contribution in [2.75, 3.05) is 15.9 Å². The summed E-state index contributed by atoms with van der Waals surface area (Å²) in [4.78, 5) is 24.5. The first kappa shape index (κ1) is 20.1. The van der Waals surface area contributed by atoms with Crippen molar-refractivity contribution in [1.82, 2.24) is 4.57 Å². The number of hydrogen-bond donors (Lipinski definition) is 3. The number of nitrogen functional groups attached to an aromatic ring is 1. The Kier molecular flexibility index (Phi) is 5.91. The van der Waals surface area contributed by atoms with Gasteiger partial charge in [0, 0.05) is 5.69 Å². The molecular formula is C20H22N5O4+. The molecule has 2 amide bonds. The molecule has 3 aromatic rings. The second kappa shape index (κ2) is 8.55. The third-order valence-corrected chi connectivity index (χ3v) is 4.27. The van der Waals surface area contributed by atoms with Crippen molar-refractivity contribution < 1.29 is 24.6 Å². The van der Waals surface area contributed by atoms with Crippen molar-refractivity contribution in [2.45, 2.75) is 20.0 Å². The molecule has 0 aliphatic carbocycles. The van der Waals surface area contributed by atoms with Crippen LogP contribution in [0.25, 0.3) is 0 Å². The number of carbonyl (C=O) groups excluding carboxylic acids is 2. The Morgan fingerprint density at radius 3 is 2.14 bits per heavy atom. The van der Waals surface area contributed by atoms with Gasteiger partial charge in [-0.25, -0.2) is 9.13 Å². The molecule has 3 rings (SSSR count). The van der Waals surface area contributed by atoms with Gasteiger partial charge in [-0.1, -0.05) is 17.7 Å². The minimum atomic E-state index is -0.563. The molecule has 4 N–H and O–H groups in total. The van der Waals surface area contributed by atoms with E-state index in [1.54, 1.807) is 48.8 Å². The number of benzene rings is 2. The number of hydroxylamine groups is 2. The number of amides is 2. The van der Waals surface area contributed by atoms with E-state index in [9.17, 15) is 20.0 Å². The molecule has 0 saturated heterocycles. The van der Waals surface area contributed by atoms with Gasteiger partial charge in [0.1, 0.15) is 12.4 Å². The number of aryl methyl sites for hydroxylation is 1. The number of anilines is 3. The van der Waals surface area contributed by atoms with Crippen molar-refractivity contribution in [3.63, 3.8) is 0 Å². The molecule has 0 spiro atoms. The highest BCUT2D eigenvalue weighted by Crippen LogP contribution is 2.15. The Morgan fingerprint density at radius 1 is 0.966 bits per heavy atom. The quantitative estimate of drug-likeness (QED) is 0.253. The van der Waals surface area contributed by atoms with Crippen LogP contribution in [0.5, 0.6) is 0 Å². The highest BCUT2D eigenvalue weighted by Gasteiger charge is 2.20. The van der Waals surface area contributed by atoms with Crippen molar-refractivity contribution in [1.29, 1.82) is 0 Å². The SMILES string of the molecule is Cc1ccc(N(O)C(=O)Cn2cc[n+](CC(=O)N(O)c3ccc(N)cc3)c2)cc1. The van der Waals surface area contributed by atoms with E-state index in [1.807, 2.05) is 6.92 Å². The normalized spacial score (nSPS) is 10.6. The molecular weight excluding hydrogens is 374 g/mol. The Bertz CT molecular complexity index is 918. The fourth-order valence-electron chi connectivity index (χ4n) is 2.66. The number of carbonyl (C=O) groups is 2. The van der Waals surface area contributed by atoms with Crippen LogP contribution in [0.4, 0.5) is 17.1 Å². The molecule has 150 valence electrons. The molecule has 1 heterocycles. The summed E-state index contributed by atoms with van der Waals surface area (Å²) in [6.45, 7) is 1.66. The molecule has 0 aliphatic rings. The Labute approximate surface area is 167 Å². The minimum absolute atomic E-state index is 0.119. The summed E-state index contributed by atoms with van der Waals surface area (Å²) >= 11 is 0. The maximum atomic E-state index is 12.3. The van der Waals surface area contributed by atoms with Gasteiger partial charge in [-0.05, 0) is 43.3 Å². The lowest BCUT2D eigenvalue weighted by Gasteiger charge is -2.14. The van der Waals surface area contributed by atoms with Crippen molar-refractivity contribution >= 4 is 28.9 Å². The molecule has 9 heteroatoms. The minimum Gasteiger partial charge on any atom is -0.399 e. The lowest BCUT2D eigenvalue weighted by Crippen LogP contribution is -2.42. The van der Waals surface area contributed by atoms with Crippen LogP contribution in [0.3, 0.4) is 0 Å². The van der Waals surface area contributed by atoms with Crippen LogP contribution in [0.1, 0.15) is 5.56 Å². The predicted octanol–water partition coefficient (Wildman–Crippen LogP) is 1.51. The summed E-state index contributed by atoms with van der Waals surface area (Å²) in [7, 11) is 0. The third-order valence-electron chi connectivity index (χ3n) is 4.27. The number of nitrogens with zero attached hydrogens (tertiary/aromatic N) is 4.